The van der Waals surface area contributed by atoms with Gasteiger partial charge < -0.3 is 18.9 Å². The fourth-order valence-electron chi connectivity index (χ4n) is 3.79. The first-order valence-electron chi connectivity index (χ1n) is 10.4. The number of hydrogen-bond donors (Lipinski definition) is 0. The van der Waals surface area contributed by atoms with Crippen LogP contribution in [0.4, 0.5) is 0 Å². The Kier molecular flexibility index (Phi) is 6.19. The number of pyridine rings is 1. The molecule has 1 aromatic carbocycles. The predicted octanol–water partition coefficient (Wildman–Crippen LogP) is 4.59. The van der Waals surface area contributed by atoms with Crippen molar-refractivity contribution >= 4 is 23.6 Å². The van der Waals surface area contributed by atoms with Crippen LogP contribution in [0.25, 0.3) is 11.8 Å². The van der Waals surface area contributed by atoms with E-state index in [1.165, 1.54) is 0 Å². The van der Waals surface area contributed by atoms with Crippen LogP contribution in [0.5, 0.6) is 5.75 Å². The quantitative estimate of drug-likeness (QED) is 0.418. The Morgan fingerprint density at radius 1 is 1.28 bits per heavy atom. The first-order chi connectivity index (χ1) is 15.4. The molecule has 0 aliphatic carbocycles. The highest BCUT2D eigenvalue weighted by atomic mass is 35.5. The minimum Gasteiger partial charge on any atom is -0.495 e. The first kappa shape index (κ1) is 21.9. The van der Waals surface area contributed by atoms with Crippen LogP contribution in [0.2, 0.25) is 5.15 Å². The molecule has 1 unspecified atom stereocenters. The van der Waals surface area contributed by atoms with Crippen molar-refractivity contribution in [3.05, 3.63) is 76.8 Å². The van der Waals surface area contributed by atoms with Crippen molar-refractivity contribution in [1.82, 2.24) is 19.4 Å². The van der Waals surface area contributed by atoms with E-state index in [2.05, 4.69) is 9.97 Å². The molecular formula is C24H25ClN4O3. The fourth-order valence-corrected chi connectivity index (χ4v) is 3.98. The molecule has 1 amide bonds. The smallest absolute Gasteiger partial charge is 0.289 e. The number of halogens is 1. The van der Waals surface area contributed by atoms with Gasteiger partial charge in [-0.2, -0.15) is 0 Å². The van der Waals surface area contributed by atoms with Gasteiger partial charge in [-0.15, -0.1) is 0 Å². The zero-order chi connectivity index (χ0) is 22.8. The van der Waals surface area contributed by atoms with Gasteiger partial charge in [0.25, 0.3) is 5.91 Å². The summed E-state index contributed by atoms with van der Waals surface area (Å²) in [6.07, 6.45) is 6.92. The van der Waals surface area contributed by atoms with E-state index in [4.69, 9.17) is 21.1 Å². The highest BCUT2D eigenvalue weighted by Crippen LogP contribution is 2.30. The van der Waals surface area contributed by atoms with Crippen LogP contribution in [0.15, 0.2) is 54.8 Å². The number of carbonyl (C=O) groups is 1. The van der Waals surface area contributed by atoms with E-state index in [-0.39, 0.29) is 18.1 Å². The third-order valence-electron chi connectivity index (χ3n) is 5.45. The Bertz CT molecular complexity index is 1170. The maximum absolute atomic E-state index is 13.3. The summed E-state index contributed by atoms with van der Waals surface area (Å²) in [6, 6.07) is 9.22. The van der Waals surface area contributed by atoms with E-state index in [1.807, 2.05) is 55.8 Å². The number of aryl methyl sites for hydroxylation is 1. The molecule has 166 valence electrons. The van der Waals surface area contributed by atoms with E-state index in [0.717, 1.165) is 22.5 Å². The molecule has 7 nitrogen and oxygen atoms in total. The van der Waals surface area contributed by atoms with Gasteiger partial charge in [0.15, 0.2) is 5.76 Å². The zero-order valence-electron chi connectivity index (χ0n) is 18.4. The summed E-state index contributed by atoms with van der Waals surface area (Å²) in [4.78, 5) is 23.4. The van der Waals surface area contributed by atoms with Crippen LogP contribution in [-0.2, 0) is 9.53 Å². The van der Waals surface area contributed by atoms with Crippen LogP contribution in [0.1, 0.15) is 36.7 Å². The number of nitrogens with zero attached hydrogens (tertiary/aromatic N) is 4. The Morgan fingerprint density at radius 2 is 2.09 bits per heavy atom. The van der Waals surface area contributed by atoms with Gasteiger partial charge in [-0.25, -0.2) is 9.97 Å². The second kappa shape index (κ2) is 9.04. The molecule has 0 N–H and O–H groups in total. The Labute approximate surface area is 192 Å². The molecule has 0 bridgehead atoms. The van der Waals surface area contributed by atoms with E-state index < -0.39 is 0 Å². The summed E-state index contributed by atoms with van der Waals surface area (Å²) in [6.45, 7) is 6.34. The maximum atomic E-state index is 13.3. The second-order valence-corrected chi connectivity index (χ2v) is 8.22. The molecule has 32 heavy (non-hydrogen) atoms. The van der Waals surface area contributed by atoms with Crippen molar-refractivity contribution in [2.45, 2.75) is 32.9 Å². The number of rotatable bonds is 5. The predicted molar refractivity (Wildman–Crippen MR) is 123 cm³/mol. The molecule has 1 saturated heterocycles. The summed E-state index contributed by atoms with van der Waals surface area (Å²) in [7, 11) is 1.62. The van der Waals surface area contributed by atoms with Crippen molar-refractivity contribution in [3.8, 4) is 11.4 Å². The molecule has 2 atom stereocenters. The fraction of sp³-hybridized carbons (Fsp3) is 0.292. The lowest BCUT2D eigenvalue weighted by molar-refractivity contribution is -0.141. The highest BCUT2D eigenvalue weighted by molar-refractivity contribution is 6.29. The monoisotopic (exact) mass is 452 g/mol. The Balaban J connectivity index is 1.63. The average Bonchev–Trinajstić information content (AvgIpc) is 3.21. The van der Waals surface area contributed by atoms with Gasteiger partial charge in [0, 0.05) is 12.4 Å². The van der Waals surface area contributed by atoms with Crippen LogP contribution >= 0.6 is 11.6 Å². The molecule has 1 aliphatic heterocycles. The van der Waals surface area contributed by atoms with Crippen LogP contribution < -0.4 is 4.74 Å². The Hall–Kier alpha value is -3.32. The van der Waals surface area contributed by atoms with Gasteiger partial charge in [-0.05, 0) is 62.2 Å². The molecule has 0 radical (unpaired) electrons. The van der Waals surface area contributed by atoms with Gasteiger partial charge in [0.05, 0.1) is 37.4 Å². The molecule has 3 aromatic rings. The number of aromatic nitrogens is 3. The number of morpholine rings is 1. The average molecular weight is 453 g/mol. The van der Waals surface area contributed by atoms with Crippen molar-refractivity contribution in [2.75, 3.05) is 13.7 Å². The highest BCUT2D eigenvalue weighted by Gasteiger charge is 2.33. The standard InChI is InChI=1S/C24H25ClN4O3/c1-15-12-28(14-27-15)20-6-5-18(9-21(20)31-4)10-22-24(30)29(13-16(2)32-22)17(3)19-7-8-26-23(25)11-19/h5-12,14,16-17H,13H2,1-4H3/t16?,17-/m0/s1. The maximum Gasteiger partial charge on any atom is 0.289 e. The topological polar surface area (TPSA) is 69.5 Å². The van der Waals surface area contributed by atoms with E-state index >= 15 is 0 Å². The van der Waals surface area contributed by atoms with Crippen molar-refractivity contribution in [1.29, 1.82) is 0 Å². The number of ether oxygens (including phenoxy) is 2. The van der Waals surface area contributed by atoms with Gasteiger partial charge in [0.2, 0.25) is 0 Å². The summed E-state index contributed by atoms with van der Waals surface area (Å²) in [5, 5.41) is 0.402. The van der Waals surface area contributed by atoms with Crippen molar-refractivity contribution in [2.24, 2.45) is 0 Å². The normalized spacial score (nSPS) is 18.5. The van der Waals surface area contributed by atoms with E-state index in [0.29, 0.717) is 23.2 Å². The SMILES string of the molecule is COc1cc(C=C2OC(C)CN([C@@H](C)c3ccnc(Cl)c3)C2=O)ccc1-n1cnc(C)c1. The molecule has 1 aliphatic rings. The minimum atomic E-state index is -0.170. The van der Waals surface area contributed by atoms with Crippen LogP contribution in [0, 0.1) is 6.92 Å². The number of hydrogen-bond acceptors (Lipinski definition) is 5. The summed E-state index contributed by atoms with van der Waals surface area (Å²) < 4.78 is 13.4. The third kappa shape index (κ3) is 4.48. The molecule has 0 spiro atoms. The Morgan fingerprint density at radius 3 is 2.78 bits per heavy atom. The van der Waals surface area contributed by atoms with Gasteiger partial charge in [-0.1, -0.05) is 17.7 Å². The van der Waals surface area contributed by atoms with Crippen molar-refractivity contribution < 1.29 is 14.3 Å². The first-order valence-corrected chi connectivity index (χ1v) is 10.7. The second-order valence-electron chi connectivity index (χ2n) is 7.84. The molecule has 1 fully saturated rings. The molecule has 8 heteroatoms. The third-order valence-corrected chi connectivity index (χ3v) is 5.65. The number of amides is 1. The largest absolute Gasteiger partial charge is 0.495 e. The summed E-state index contributed by atoms with van der Waals surface area (Å²) >= 11 is 6.05. The molecule has 0 saturated carbocycles. The molecular weight excluding hydrogens is 428 g/mol. The van der Waals surface area contributed by atoms with E-state index in [9.17, 15) is 4.79 Å². The van der Waals surface area contributed by atoms with Gasteiger partial charge in [0.1, 0.15) is 17.0 Å². The van der Waals surface area contributed by atoms with Gasteiger partial charge in [-0.3, -0.25) is 4.79 Å². The number of carbonyl (C=O) groups excluding carboxylic acids is 1. The molecule has 4 rings (SSSR count). The van der Waals surface area contributed by atoms with Crippen LogP contribution in [0.3, 0.4) is 0 Å². The summed E-state index contributed by atoms with van der Waals surface area (Å²) in [5.41, 5.74) is 3.51. The summed E-state index contributed by atoms with van der Waals surface area (Å²) in [5.74, 6) is 0.797. The van der Waals surface area contributed by atoms with E-state index in [1.54, 1.807) is 36.7 Å². The lowest BCUT2D eigenvalue weighted by atomic mass is 10.1. The number of imidazole rings is 1. The number of methoxy groups -OCH3 is 1. The molecule has 3 heterocycles. The van der Waals surface area contributed by atoms with Gasteiger partial charge >= 0.3 is 0 Å². The minimum absolute atomic E-state index is 0.145. The molecule has 2 aromatic heterocycles. The zero-order valence-corrected chi connectivity index (χ0v) is 19.2. The lowest BCUT2D eigenvalue weighted by Gasteiger charge is -2.37. The van der Waals surface area contributed by atoms with Crippen LogP contribution in [-0.4, -0.2) is 45.1 Å². The number of benzene rings is 1. The van der Waals surface area contributed by atoms with Crippen molar-refractivity contribution in [3.63, 3.8) is 0 Å². The lowest BCUT2D eigenvalue weighted by Crippen LogP contribution is -2.45.